The minimum atomic E-state index is -0.386. The molecule has 0 fully saturated rings. The first kappa shape index (κ1) is 16.2. The van der Waals surface area contributed by atoms with Crippen molar-refractivity contribution < 1.29 is 18.3 Å². The number of anilines is 1. The molecule has 22 heavy (non-hydrogen) atoms. The summed E-state index contributed by atoms with van der Waals surface area (Å²) in [6, 6.07) is 8.44. The third kappa shape index (κ3) is 4.14. The summed E-state index contributed by atoms with van der Waals surface area (Å²) in [6.07, 6.45) is 0. The van der Waals surface area contributed by atoms with Gasteiger partial charge in [-0.2, -0.15) is 0 Å². The lowest BCUT2D eigenvalue weighted by Gasteiger charge is -2.14. The van der Waals surface area contributed by atoms with Crippen molar-refractivity contribution in [3.05, 3.63) is 59.2 Å². The number of ether oxygens (including phenoxy) is 2. The fourth-order valence-electron chi connectivity index (χ4n) is 1.89. The topological polar surface area (TPSA) is 30.5 Å². The van der Waals surface area contributed by atoms with Gasteiger partial charge in [-0.3, -0.25) is 0 Å². The van der Waals surface area contributed by atoms with Crippen molar-refractivity contribution in [3.8, 4) is 5.75 Å². The quantitative estimate of drug-likeness (QED) is 0.855. The highest BCUT2D eigenvalue weighted by Gasteiger charge is 2.08. The molecular weight excluding hydrogens is 308 g/mol. The standard InChI is InChI=1S/C16H15F2NO2S/c1-10-7-12(17)4-6-15(10)21-9-11-8-13(18)3-5-14(11)19-16(22)20-2/h3-8H,9H2,1-2H3,(H,19,22). The van der Waals surface area contributed by atoms with Crippen LogP contribution in [0.25, 0.3) is 0 Å². The van der Waals surface area contributed by atoms with E-state index in [1.54, 1.807) is 13.0 Å². The largest absolute Gasteiger partial charge is 0.489 e. The molecular formula is C16H15F2NO2S. The summed E-state index contributed by atoms with van der Waals surface area (Å²) in [7, 11) is 1.44. The highest BCUT2D eigenvalue weighted by molar-refractivity contribution is 7.80. The first-order chi connectivity index (χ1) is 10.5. The van der Waals surface area contributed by atoms with Gasteiger partial charge in [0.2, 0.25) is 0 Å². The van der Waals surface area contributed by atoms with E-state index < -0.39 is 0 Å². The molecule has 0 spiro atoms. The van der Waals surface area contributed by atoms with Crippen molar-refractivity contribution >= 4 is 23.1 Å². The van der Waals surface area contributed by atoms with Crippen LogP contribution in [0.15, 0.2) is 36.4 Å². The molecule has 0 aliphatic rings. The molecule has 0 aliphatic carbocycles. The van der Waals surface area contributed by atoms with Crippen LogP contribution in [0.1, 0.15) is 11.1 Å². The summed E-state index contributed by atoms with van der Waals surface area (Å²) in [6.45, 7) is 1.85. The first-order valence-corrected chi connectivity index (χ1v) is 6.93. The van der Waals surface area contributed by atoms with Crippen LogP contribution in [0.4, 0.5) is 14.5 Å². The molecule has 0 amide bonds. The monoisotopic (exact) mass is 323 g/mol. The van der Waals surface area contributed by atoms with Gasteiger partial charge >= 0.3 is 0 Å². The van der Waals surface area contributed by atoms with Crippen molar-refractivity contribution in [3.63, 3.8) is 0 Å². The maximum Gasteiger partial charge on any atom is 0.260 e. The molecule has 0 radical (unpaired) electrons. The summed E-state index contributed by atoms with van der Waals surface area (Å²) in [4.78, 5) is 0. The van der Waals surface area contributed by atoms with Gasteiger partial charge in [-0.1, -0.05) is 0 Å². The number of hydrogen-bond donors (Lipinski definition) is 1. The Labute approximate surface area is 132 Å². The number of thiocarbonyl (C=S) groups is 1. The minimum Gasteiger partial charge on any atom is -0.489 e. The van der Waals surface area contributed by atoms with E-state index in [-0.39, 0.29) is 23.4 Å². The molecule has 0 aliphatic heterocycles. The normalized spacial score (nSPS) is 10.2. The number of methoxy groups -OCH3 is 1. The molecule has 0 unspecified atom stereocenters. The Balaban J connectivity index is 2.17. The van der Waals surface area contributed by atoms with Gasteiger partial charge in [0.05, 0.1) is 7.11 Å². The van der Waals surface area contributed by atoms with E-state index >= 15 is 0 Å². The summed E-state index contributed by atoms with van der Waals surface area (Å²) in [5.74, 6) is -0.183. The predicted octanol–water partition coefficient (Wildman–Crippen LogP) is 4.20. The molecule has 2 aromatic rings. The lowest BCUT2D eigenvalue weighted by Crippen LogP contribution is -2.13. The zero-order chi connectivity index (χ0) is 16.1. The van der Waals surface area contributed by atoms with E-state index in [0.717, 1.165) is 0 Å². The number of benzene rings is 2. The molecule has 116 valence electrons. The van der Waals surface area contributed by atoms with E-state index in [4.69, 9.17) is 21.7 Å². The molecule has 0 heterocycles. The highest BCUT2D eigenvalue weighted by Crippen LogP contribution is 2.23. The first-order valence-electron chi connectivity index (χ1n) is 6.52. The van der Waals surface area contributed by atoms with Crippen molar-refractivity contribution in [2.24, 2.45) is 0 Å². The SMILES string of the molecule is COC(=S)Nc1ccc(F)cc1COc1ccc(F)cc1C. The number of rotatable bonds is 4. The van der Waals surface area contributed by atoms with Crippen molar-refractivity contribution in [2.75, 3.05) is 12.4 Å². The molecule has 3 nitrogen and oxygen atoms in total. The molecule has 2 rings (SSSR count). The van der Waals surface area contributed by atoms with Crippen LogP contribution in [0.5, 0.6) is 5.75 Å². The molecule has 0 saturated heterocycles. The van der Waals surface area contributed by atoms with E-state index in [9.17, 15) is 8.78 Å². The maximum absolute atomic E-state index is 13.4. The van der Waals surface area contributed by atoms with Crippen LogP contribution in [0, 0.1) is 18.6 Å². The second-order valence-electron chi connectivity index (χ2n) is 4.62. The van der Waals surface area contributed by atoms with Crippen LogP contribution in [-0.4, -0.2) is 12.3 Å². The Morgan fingerprint density at radius 3 is 2.50 bits per heavy atom. The molecule has 0 atom stereocenters. The number of aryl methyl sites for hydroxylation is 1. The highest BCUT2D eigenvalue weighted by atomic mass is 32.1. The van der Waals surface area contributed by atoms with Crippen LogP contribution < -0.4 is 10.1 Å². The van der Waals surface area contributed by atoms with Gasteiger partial charge in [0.1, 0.15) is 24.0 Å². The van der Waals surface area contributed by atoms with Crippen molar-refractivity contribution in [1.29, 1.82) is 0 Å². The summed E-state index contributed by atoms with van der Waals surface area (Å²) >= 11 is 4.93. The van der Waals surface area contributed by atoms with E-state index in [2.05, 4.69) is 5.32 Å². The molecule has 2 aromatic carbocycles. The van der Waals surface area contributed by atoms with Gasteiger partial charge in [-0.15, -0.1) is 0 Å². The van der Waals surface area contributed by atoms with Crippen LogP contribution in [-0.2, 0) is 11.3 Å². The molecule has 6 heteroatoms. The third-order valence-electron chi connectivity index (χ3n) is 3.01. The Hall–Kier alpha value is -2.21. The second-order valence-corrected chi connectivity index (χ2v) is 4.99. The van der Waals surface area contributed by atoms with E-state index in [1.165, 1.54) is 37.4 Å². The van der Waals surface area contributed by atoms with Gasteiger partial charge in [0.15, 0.2) is 0 Å². The van der Waals surface area contributed by atoms with Gasteiger partial charge < -0.3 is 14.8 Å². The Kier molecular flexibility index (Phi) is 5.27. The Bertz CT molecular complexity index is 692. The molecule has 1 N–H and O–H groups in total. The second kappa shape index (κ2) is 7.17. The van der Waals surface area contributed by atoms with Gasteiger partial charge in [-0.05, 0) is 61.1 Å². The maximum atomic E-state index is 13.4. The van der Waals surface area contributed by atoms with Crippen LogP contribution in [0.3, 0.4) is 0 Å². The van der Waals surface area contributed by atoms with E-state index in [0.29, 0.717) is 22.6 Å². The van der Waals surface area contributed by atoms with Gasteiger partial charge in [-0.25, -0.2) is 8.78 Å². The zero-order valence-corrected chi connectivity index (χ0v) is 13.0. The lowest BCUT2D eigenvalue weighted by molar-refractivity contribution is 0.303. The summed E-state index contributed by atoms with van der Waals surface area (Å²) in [5.41, 5.74) is 1.83. The summed E-state index contributed by atoms with van der Waals surface area (Å²) < 4.78 is 37.0. The van der Waals surface area contributed by atoms with Crippen LogP contribution in [0.2, 0.25) is 0 Å². The molecule has 0 saturated carbocycles. The Morgan fingerprint density at radius 1 is 1.14 bits per heavy atom. The minimum absolute atomic E-state index is 0.110. The predicted molar refractivity (Wildman–Crippen MR) is 85.1 cm³/mol. The zero-order valence-electron chi connectivity index (χ0n) is 12.2. The molecule has 0 bridgehead atoms. The molecule has 0 aromatic heterocycles. The summed E-state index contributed by atoms with van der Waals surface area (Å²) in [5, 5.41) is 3.02. The number of hydrogen-bond acceptors (Lipinski definition) is 3. The smallest absolute Gasteiger partial charge is 0.260 e. The fourth-order valence-corrected chi connectivity index (χ4v) is 2.00. The number of nitrogens with one attached hydrogen (secondary N) is 1. The lowest BCUT2D eigenvalue weighted by atomic mass is 10.1. The average Bonchev–Trinajstić information content (AvgIpc) is 2.48. The number of halogens is 2. The van der Waals surface area contributed by atoms with Crippen molar-refractivity contribution in [1.82, 2.24) is 0 Å². The van der Waals surface area contributed by atoms with Gasteiger partial charge in [0.25, 0.3) is 5.17 Å². The third-order valence-corrected chi connectivity index (χ3v) is 3.28. The Morgan fingerprint density at radius 2 is 1.82 bits per heavy atom. The average molecular weight is 323 g/mol. The van der Waals surface area contributed by atoms with Crippen LogP contribution >= 0.6 is 12.2 Å². The van der Waals surface area contributed by atoms with Crippen molar-refractivity contribution in [2.45, 2.75) is 13.5 Å². The van der Waals surface area contributed by atoms with Gasteiger partial charge in [0, 0.05) is 11.3 Å². The fraction of sp³-hybridized carbons (Fsp3) is 0.188. The van der Waals surface area contributed by atoms with E-state index in [1.807, 2.05) is 0 Å².